The van der Waals surface area contributed by atoms with Gasteiger partial charge in [0, 0.05) is 18.4 Å². The lowest BCUT2D eigenvalue weighted by molar-refractivity contribution is 0.600. The van der Waals surface area contributed by atoms with Gasteiger partial charge in [0.05, 0.1) is 6.04 Å². The van der Waals surface area contributed by atoms with Crippen LogP contribution in [0.4, 0.5) is 0 Å². The van der Waals surface area contributed by atoms with E-state index in [0.29, 0.717) is 12.1 Å². The number of rotatable bonds is 4. The first-order valence-electron chi connectivity index (χ1n) is 6.14. The Morgan fingerprint density at radius 3 is 2.24 bits per heavy atom. The van der Waals surface area contributed by atoms with E-state index in [1.807, 2.05) is 12.4 Å². The quantitative estimate of drug-likeness (QED) is 0.863. The number of pyridine rings is 1. The lowest BCUT2D eigenvalue weighted by Crippen LogP contribution is -2.24. The van der Waals surface area contributed by atoms with Crippen LogP contribution in [0.5, 0.6) is 0 Å². The van der Waals surface area contributed by atoms with Crippen molar-refractivity contribution in [1.82, 2.24) is 10.3 Å². The van der Waals surface area contributed by atoms with Crippen molar-refractivity contribution in [3.05, 3.63) is 66.0 Å². The van der Waals surface area contributed by atoms with Crippen LogP contribution in [-0.4, -0.2) is 11.0 Å². The van der Waals surface area contributed by atoms with Gasteiger partial charge in [-0.05, 0) is 36.1 Å². The predicted octanol–water partition coefficient (Wildman–Crippen LogP) is 2.92. The van der Waals surface area contributed by atoms with E-state index in [-0.39, 0.29) is 0 Å². The molecule has 1 unspecified atom stereocenters. The number of nitrogens with one attached hydrogen (secondary N) is 1. The first kappa shape index (κ1) is 10.5. The summed E-state index contributed by atoms with van der Waals surface area (Å²) in [7, 11) is 0. The molecule has 17 heavy (non-hydrogen) atoms. The highest BCUT2D eigenvalue weighted by atomic mass is 15.0. The molecule has 2 aromatic rings. The maximum Gasteiger partial charge on any atom is 0.0579 e. The van der Waals surface area contributed by atoms with Gasteiger partial charge in [0.15, 0.2) is 0 Å². The highest BCUT2D eigenvalue weighted by Crippen LogP contribution is 2.28. The molecule has 0 radical (unpaired) electrons. The molecule has 0 aliphatic heterocycles. The van der Waals surface area contributed by atoms with E-state index in [2.05, 4.69) is 52.8 Å². The van der Waals surface area contributed by atoms with Crippen molar-refractivity contribution in [2.45, 2.75) is 24.9 Å². The minimum absolute atomic E-state index is 0.298. The summed E-state index contributed by atoms with van der Waals surface area (Å²) in [6, 6.07) is 15.8. The summed E-state index contributed by atoms with van der Waals surface area (Å²) < 4.78 is 0. The standard InChI is InChI=1S/C15H16N2/c1-2-4-12(5-3-1)15(17-14-6-7-14)13-8-10-16-11-9-13/h1-5,8-11,14-15,17H,6-7H2. The Balaban J connectivity index is 1.91. The fraction of sp³-hybridized carbons (Fsp3) is 0.267. The van der Waals surface area contributed by atoms with Crippen molar-refractivity contribution >= 4 is 0 Å². The van der Waals surface area contributed by atoms with Crippen LogP contribution < -0.4 is 5.32 Å². The molecule has 3 rings (SSSR count). The zero-order valence-corrected chi connectivity index (χ0v) is 9.71. The molecule has 1 aliphatic rings. The van der Waals surface area contributed by atoms with Crippen LogP contribution in [0.15, 0.2) is 54.9 Å². The molecule has 86 valence electrons. The van der Waals surface area contributed by atoms with E-state index in [1.165, 1.54) is 24.0 Å². The maximum atomic E-state index is 4.09. The fourth-order valence-electron chi connectivity index (χ4n) is 2.07. The van der Waals surface area contributed by atoms with Crippen molar-refractivity contribution in [3.8, 4) is 0 Å². The van der Waals surface area contributed by atoms with Crippen molar-refractivity contribution < 1.29 is 0 Å². The molecule has 2 nitrogen and oxygen atoms in total. The zero-order valence-electron chi connectivity index (χ0n) is 9.71. The number of hydrogen-bond acceptors (Lipinski definition) is 2. The van der Waals surface area contributed by atoms with Gasteiger partial charge in [-0.25, -0.2) is 0 Å². The van der Waals surface area contributed by atoms with E-state index in [0.717, 1.165) is 0 Å². The van der Waals surface area contributed by atoms with E-state index >= 15 is 0 Å². The Bertz CT molecular complexity index is 423. The molecule has 2 heteroatoms. The Morgan fingerprint density at radius 1 is 0.941 bits per heavy atom. The summed E-state index contributed by atoms with van der Waals surface area (Å²) in [5, 5.41) is 3.70. The molecule has 1 saturated carbocycles. The SMILES string of the molecule is c1ccc(C(NC2CC2)c2ccncc2)cc1. The normalized spacial score (nSPS) is 16.7. The summed E-state index contributed by atoms with van der Waals surface area (Å²) in [5.74, 6) is 0. The third-order valence-electron chi connectivity index (χ3n) is 3.15. The van der Waals surface area contributed by atoms with E-state index in [4.69, 9.17) is 0 Å². The Hall–Kier alpha value is -1.67. The maximum absolute atomic E-state index is 4.09. The Morgan fingerprint density at radius 2 is 1.59 bits per heavy atom. The van der Waals surface area contributed by atoms with Crippen LogP contribution in [-0.2, 0) is 0 Å². The lowest BCUT2D eigenvalue weighted by atomic mass is 10.00. The Labute approximate surface area is 102 Å². The molecule has 1 atom stereocenters. The van der Waals surface area contributed by atoms with Gasteiger partial charge in [-0.15, -0.1) is 0 Å². The van der Waals surface area contributed by atoms with Gasteiger partial charge in [0.2, 0.25) is 0 Å². The van der Waals surface area contributed by atoms with Crippen LogP contribution >= 0.6 is 0 Å². The van der Waals surface area contributed by atoms with Gasteiger partial charge in [-0.2, -0.15) is 0 Å². The highest BCUT2D eigenvalue weighted by Gasteiger charge is 2.25. The van der Waals surface area contributed by atoms with E-state index < -0.39 is 0 Å². The minimum atomic E-state index is 0.298. The smallest absolute Gasteiger partial charge is 0.0579 e. The number of hydrogen-bond donors (Lipinski definition) is 1. The van der Waals surface area contributed by atoms with Crippen molar-refractivity contribution in [2.75, 3.05) is 0 Å². The monoisotopic (exact) mass is 224 g/mol. The molecular weight excluding hydrogens is 208 g/mol. The molecule has 0 bridgehead atoms. The number of nitrogens with zero attached hydrogens (tertiary/aromatic N) is 1. The van der Waals surface area contributed by atoms with Gasteiger partial charge in [-0.3, -0.25) is 4.98 Å². The molecule has 1 aromatic heterocycles. The van der Waals surface area contributed by atoms with Gasteiger partial charge in [0.1, 0.15) is 0 Å². The van der Waals surface area contributed by atoms with Crippen LogP contribution in [0, 0.1) is 0 Å². The summed E-state index contributed by atoms with van der Waals surface area (Å²) in [4.78, 5) is 4.09. The van der Waals surface area contributed by atoms with E-state index in [9.17, 15) is 0 Å². The molecule has 1 heterocycles. The second kappa shape index (κ2) is 4.68. The van der Waals surface area contributed by atoms with Crippen LogP contribution in [0.2, 0.25) is 0 Å². The van der Waals surface area contributed by atoms with Crippen LogP contribution in [0.25, 0.3) is 0 Å². The average molecular weight is 224 g/mol. The highest BCUT2D eigenvalue weighted by molar-refractivity contribution is 5.30. The average Bonchev–Trinajstić information content (AvgIpc) is 3.22. The van der Waals surface area contributed by atoms with Crippen LogP contribution in [0.1, 0.15) is 30.0 Å². The second-order valence-electron chi connectivity index (χ2n) is 4.57. The molecule has 1 N–H and O–H groups in total. The minimum Gasteiger partial charge on any atom is -0.303 e. The number of benzene rings is 1. The largest absolute Gasteiger partial charge is 0.303 e. The van der Waals surface area contributed by atoms with Crippen molar-refractivity contribution in [1.29, 1.82) is 0 Å². The van der Waals surface area contributed by atoms with Crippen molar-refractivity contribution in [2.24, 2.45) is 0 Å². The first-order chi connectivity index (χ1) is 8.43. The molecular formula is C15H16N2. The summed E-state index contributed by atoms with van der Waals surface area (Å²) >= 11 is 0. The lowest BCUT2D eigenvalue weighted by Gasteiger charge is -2.19. The summed E-state index contributed by atoms with van der Waals surface area (Å²) in [6.45, 7) is 0. The van der Waals surface area contributed by atoms with Gasteiger partial charge in [-0.1, -0.05) is 30.3 Å². The molecule has 1 aliphatic carbocycles. The summed E-state index contributed by atoms with van der Waals surface area (Å²) in [6.07, 6.45) is 6.32. The van der Waals surface area contributed by atoms with Gasteiger partial charge >= 0.3 is 0 Å². The molecule has 0 amide bonds. The van der Waals surface area contributed by atoms with Crippen LogP contribution in [0.3, 0.4) is 0 Å². The molecule has 1 fully saturated rings. The molecule has 1 aromatic carbocycles. The second-order valence-corrected chi connectivity index (χ2v) is 4.57. The van der Waals surface area contributed by atoms with Gasteiger partial charge in [0.25, 0.3) is 0 Å². The summed E-state index contributed by atoms with van der Waals surface area (Å²) in [5.41, 5.74) is 2.61. The first-order valence-corrected chi connectivity index (χ1v) is 6.14. The Kier molecular flexibility index (Phi) is 2.88. The van der Waals surface area contributed by atoms with E-state index in [1.54, 1.807) is 0 Å². The molecule has 0 spiro atoms. The van der Waals surface area contributed by atoms with Gasteiger partial charge < -0.3 is 5.32 Å². The third-order valence-corrected chi connectivity index (χ3v) is 3.15. The molecule has 0 saturated heterocycles. The fourth-order valence-corrected chi connectivity index (χ4v) is 2.07. The topological polar surface area (TPSA) is 24.9 Å². The zero-order chi connectivity index (χ0) is 11.5. The van der Waals surface area contributed by atoms with Crippen molar-refractivity contribution in [3.63, 3.8) is 0 Å². The third kappa shape index (κ3) is 2.53. The number of aromatic nitrogens is 1. The predicted molar refractivity (Wildman–Crippen MR) is 68.7 cm³/mol.